The molecule has 7 heteroatoms. The number of nitrogens with zero attached hydrogens (tertiary/aromatic N) is 1. The van der Waals surface area contributed by atoms with Crippen LogP contribution in [0.15, 0.2) is 36.4 Å². The number of nitro groups is 1. The fourth-order valence-corrected chi connectivity index (χ4v) is 1.93. The van der Waals surface area contributed by atoms with Crippen molar-refractivity contribution in [2.45, 2.75) is 6.92 Å². The molecule has 2 rings (SSSR count). The van der Waals surface area contributed by atoms with Crippen LogP contribution in [-0.4, -0.2) is 26.7 Å². The topological polar surface area (TPSA) is 118 Å². The van der Waals surface area contributed by atoms with Crippen molar-refractivity contribution in [1.29, 1.82) is 0 Å². The van der Waals surface area contributed by atoms with Crippen molar-refractivity contribution < 1.29 is 24.7 Å². The summed E-state index contributed by atoms with van der Waals surface area (Å²) in [7, 11) is 0. The van der Waals surface area contributed by atoms with Crippen LogP contribution in [0.25, 0.3) is 0 Å². The highest BCUT2D eigenvalue weighted by atomic mass is 16.6. The third kappa shape index (κ3) is 2.78. The van der Waals surface area contributed by atoms with Gasteiger partial charge in [-0.1, -0.05) is 0 Å². The van der Waals surface area contributed by atoms with Crippen molar-refractivity contribution in [1.82, 2.24) is 0 Å². The minimum Gasteiger partial charge on any atom is -0.507 e. The lowest BCUT2D eigenvalue weighted by molar-refractivity contribution is -0.384. The molecule has 0 saturated heterocycles. The van der Waals surface area contributed by atoms with Gasteiger partial charge in [0.15, 0.2) is 11.6 Å². The van der Waals surface area contributed by atoms with Crippen LogP contribution in [0, 0.1) is 10.1 Å². The molecule has 2 aromatic carbocycles. The first kappa shape index (κ1) is 15.2. The molecule has 0 radical (unpaired) electrons. The van der Waals surface area contributed by atoms with E-state index in [4.69, 9.17) is 0 Å². The number of hydrogen-bond acceptors (Lipinski definition) is 6. The smallest absolute Gasteiger partial charge is 0.270 e. The minimum absolute atomic E-state index is 0.0267. The summed E-state index contributed by atoms with van der Waals surface area (Å²) in [5.74, 6) is -1.81. The minimum atomic E-state index is -0.691. The molecule has 0 aliphatic heterocycles. The highest BCUT2D eigenvalue weighted by molar-refractivity contribution is 6.12. The van der Waals surface area contributed by atoms with Crippen LogP contribution >= 0.6 is 0 Å². The zero-order valence-corrected chi connectivity index (χ0v) is 11.4. The van der Waals surface area contributed by atoms with Gasteiger partial charge >= 0.3 is 0 Å². The van der Waals surface area contributed by atoms with Crippen LogP contribution in [0.2, 0.25) is 0 Å². The van der Waals surface area contributed by atoms with Gasteiger partial charge < -0.3 is 10.2 Å². The molecule has 0 saturated carbocycles. The maximum Gasteiger partial charge on any atom is 0.270 e. The van der Waals surface area contributed by atoms with E-state index in [1.165, 1.54) is 25.1 Å². The van der Waals surface area contributed by atoms with Gasteiger partial charge in [-0.15, -0.1) is 0 Å². The van der Waals surface area contributed by atoms with Crippen molar-refractivity contribution in [3.8, 4) is 11.5 Å². The molecule has 22 heavy (non-hydrogen) atoms. The summed E-state index contributed by atoms with van der Waals surface area (Å²) in [6.07, 6.45) is 0. The Kier molecular flexibility index (Phi) is 3.89. The second kappa shape index (κ2) is 5.65. The molecular formula is C15H11NO6. The summed E-state index contributed by atoms with van der Waals surface area (Å²) in [5, 5.41) is 30.0. The van der Waals surface area contributed by atoms with Gasteiger partial charge in [0.25, 0.3) is 5.69 Å². The predicted molar refractivity (Wildman–Crippen MR) is 76.3 cm³/mol. The molecule has 0 heterocycles. The number of carbonyl (C=O) groups excluding carboxylic acids is 2. The van der Waals surface area contributed by atoms with E-state index in [9.17, 15) is 29.9 Å². The van der Waals surface area contributed by atoms with E-state index < -0.39 is 22.2 Å². The molecule has 7 nitrogen and oxygen atoms in total. The Hall–Kier alpha value is -3.22. The van der Waals surface area contributed by atoms with Gasteiger partial charge in [0.1, 0.15) is 11.5 Å². The van der Waals surface area contributed by atoms with Crippen molar-refractivity contribution >= 4 is 17.3 Å². The van der Waals surface area contributed by atoms with Crippen LogP contribution in [0.1, 0.15) is 33.2 Å². The lowest BCUT2D eigenvalue weighted by Gasteiger charge is -2.06. The summed E-state index contributed by atoms with van der Waals surface area (Å²) in [6, 6.07) is 6.71. The molecule has 2 aromatic rings. The molecular weight excluding hydrogens is 290 g/mol. The number of carbonyl (C=O) groups is 2. The molecule has 0 spiro atoms. The van der Waals surface area contributed by atoms with Crippen LogP contribution < -0.4 is 0 Å². The third-order valence-corrected chi connectivity index (χ3v) is 3.07. The maximum atomic E-state index is 12.4. The Morgan fingerprint density at radius 3 is 2.18 bits per heavy atom. The van der Waals surface area contributed by atoms with Crippen LogP contribution in [-0.2, 0) is 0 Å². The number of phenols is 2. The van der Waals surface area contributed by atoms with Crippen molar-refractivity contribution in [2.24, 2.45) is 0 Å². The fraction of sp³-hybridized carbons (Fsp3) is 0.0667. The Morgan fingerprint density at radius 1 is 1.00 bits per heavy atom. The molecule has 0 bridgehead atoms. The molecule has 0 unspecified atom stereocenters. The van der Waals surface area contributed by atoms with Gasteiger partial charge in [0.2, 0.25) is 0 Å². The standard InChI is InChI=1S/C15H11NO6/c1-8(17)11-6-9(2-4-13(11)18)15(20)12-7-10(16(21)22)3-5-14(12)19/h2-7,18-19H,1H3. The van der Waals surface area contributed by atoms with E-state index in [1.807, 2.05) is 0 Å². The molecule has 0 amide bonds. The molecule has 0 aliphatic rings. The number of Topliss-reactive ketones (excluding diaryl/α,β-unsaturated/α-hetero) is 1. The van der Waals surface area contributed by atoms with Gasteiger partial charge in [-0.2, -0.15) is 0 Å². The van der Waals surface area contributed by atoms with Crippen LogP contribution in [0.3, 0.4) is 0 Å². The Morgan fingerprint density at radius 2 is 1.59 bits per heavy atom. The second-order valence-corrected chi connectivity index (χ2v) is 4.58. The number of nitro benzene ring substituents is 1. The molecule has 0 aliphatic carbocycles. The Balaban J connectivity index is 2.53. The first-order chi connectivity index (χ1) is 10.3. The van der Waals surface area contributed by atoms with E-state index in [-0.39, 0.29) is 28.1 Å². The van der Waals surface area contributed by atoms with E-state index in [0.717, 1.165) is 18.2 Å². The fourth-order valence-electron chi connectivity index (χ4n) is 1.93. The van der Waals surface area contributed by atoms with E-state index in [0.29, 0.717) is 0 Å². The van der Waals surface area contributed by atoms with Gasteiger partial charge in [-0.05, 0) is 31.2 Å². The summed E-state index contributed by atoms with van der Waals surface area (Å²) >= 11 is 0. The molecule has 2 N–H and O–H groups in total. The van der Waals surface area contributed by atoms with E-state index in [2.05, 4.69) is 0 Å². The molecule has 0 aromatic heterocycles. The average molecular weight is 301 g/mol. The number of ketones is 2. The summed E-state index contributed by atoms with van der Waals surface area (Å²) in [6.45, 7) is 1.23. The van der Waals surface area contributed by atoms with Crippen molar-refractivity contribution in [3.63, 3.8) is 0 Å². The zero-order chi connectivity index (χ0) is 16.4. The summed E-state index contributed by atoms with van der Waals surface area (Å²) in [4.78, 5) is 33.8. The highest BCUT2D eigenvalue weighted by Crippen LogP contribution is 2.27. The van der Waals surface area contributed by atoms with Gasteiger partial charge in [-0.3, -0.25) is 19.7 Å². The van der Waals surface area contributed by atoms with E-state index in [1.54, 1.807) is 0 Å². The number of benzene rings is 2. The summed E-state index contributed by atoms with van der Waals surface area (Å²) < 4.78 is 0. The molecule has 0 fully saturated rings. The zero-order valence-electron chi connectivity index (χ0n) is 11.4. The normalized spacial score (nSPS) is 10.2. The number of rotatable bonds is 4. The van der Waals surface area contributed by atoms with Crippen LogP contribution in [0.4, 0.5) is 5.69 Å². The lowest BCUT2D eigenvalue weighted by Crippen LogP contribution is -2.05. The SMILES string of the molecule is CC(=O)c1cc(C(=O)c2cc([N+](=O)[O-])ccc2O)ccc1O. The monoisotopic (exact) mass is 301 g/mol. The van der Waals surface area contributed by atoms with E-state index >= 15 is 0 Å². The maximum absolute atomic E-state index is 12.4. The second-order valence-electron chi connectivity index (χ2n) is 4.58. The number of non-ortho nitro benzene ring substituents is 1. The van der Waals surface area contributed by atoms with Gasteiger partial charge in [0.05, 0.1) is 16.1 Å². The number of phenolic OH excluding ortho intramolecular Hbond substituents is 2. The predicted octanol–water partition coefficient (Wildman–Crippen LogP) is 2.44. The van der Waals surface area contributed by atoms with Crippen molar-refractivity contribution in [3.05, 3.63) is 63.2 Å². The van der Waals surface area contributed by atoms with Gasteiger partial charge in [0, 0.05) is 17.7 Å². The molecule has 0 atom stereocenters. The third-order valence-electron chi connectivity index (χ3n) is 3.07. The first-order valence-corrected chi connectivity index (χ1v) is 6.17. The number of hydrogen-bond donors (Lipinski definition) is 2. The van der Waals surface area contributed by atoms with Gasteiger partial charge in [-0.25, -0.2) is 0 Å². The average Bonchev–Trinajstić information content (AvgIpc) is 2.47. The largest absolute Gasteiger partial charge is 0.507 e. The highest BCUT2D eigenvalue weighted by Gasteiger charge is 2.19. The molecule has 112 valence electrons. The van der Waals surface area contributed by atoms with Crippen LogP contribution in [0.5, 0.6) is 11.5 Å². The Bertz CT molecular complexity index is 797. The lowest BCUT2D eigenvalue weighted by atomic mass is 9.98. The Labute approximate surface area is 124 Å². The van der Waals surface area contributed by atoms with Crippen molar-refractivity contribution in [2.75, 3.05) is 0 Å². The first-order valence-electron chi connectivity index (χ1n) is 6.17. The number of aromatic hydroxyl groups is 2. The quantitative estimate of drug-likeness (QED) is 0.508. The summed E-state index contributed by atoms with van der Waals surface area (Å²) in [5.41, 5.74) is -0.615.